The summed E-state index contributed by atoms with van der Waals surface area (Å²) in [5, 5.41) is 8.30. The van der Waals surface area contributed by atoms with E-state index in [1.165, 1.54) is 48.5 Å². The summed E-state index contributed by atoms with van der Waals surface area (Å²) in [6.45, 7) is 0. The highest BCUT2D eigenvalue weighted by Crippen LogP contribution is 2.30. The van der Waals surface area contributed by atoms with Gasteiger partial charge >= 0.3 is 0 Å². The molecule has 0 atom stereocenters. The molecule has 0 heterocycles. The molecule has 0 fully saturated rings. The molecule has 0 aliphatic rings. The molecule has 33 heavy (non-hydrogen) atoms. The smallest absolute Gasteiger partial charge is 0.295 e. The zero-order chi connectivity index (χ0) is 24.2. The number of hydrogen-bond acceptors (Lipinski definition) is 7. The van der Waals surface area contributed by atoms with Gasteiger partial charge in [-0.2, -0.15) is 21.9 Å². The lowest BCUT2D eigenvalue weighted by molar-refractivity contribution is 0.480. The molecule has 172 valence electrons. The topological polar surface area (TPSA) is 137 Å². The fraction of sp³-hybridized carbons (Fsp3) is 0.0909. The molecule has 3 rings (SSSR count). The Morgan fingerprint density at radius 2 is 1.33 bits per heavy atom. The zero-order valence-corrected chi connectivity index (χ0v) is 19.3. The van der Waals surface area contributed by atoms with E-state index in [2.05, 4.69) is 10.2 Å². The van der Waals surface area contributed by atoms with Crippen molar-refractivity contribution in [1.29, 1.82) is 0 Å². The van der Waals surface area contributed by atoms with Gasteiger partial charge in [0.1, 0.15) is 9.79 Å². The minimum Gasteiger partial charge on any atom is -0.378 e. The molecule has 0 saturated heterocycles. The van der Waals surface area contributed by atoms with Gasteiger partial charge in [0.2, 0.25) is 0 Å². The maximum atomic E-state index is 11.9. The van der Waals surface area contributed by atoms with E-state index in [1.54, 1.807) is 18.2 Å². The summed E-state index contributed by atoms with van der Waals surface area (Å²) in [6, 6.07) is 18.2. The molecule has 3 aromatic carbocycles. The second-order valence-electron chi connectivity index (χ2n) is 7.12. The van der Waals surface area contributed by atoms with Crippen LogP contribution in [0.3, 0.4) is 0 Å². The quantitative estimate of drug-likeness (QED) is 0.284. The van der Waals surface area contributed by atoms with Crippen molar-refractivity contribution in [2.24, 2.45) is 10.2 Å². The van der Waals surface area contributed by atoms with Crippen LogP contribution in [0.2, 0.25) is 0 Å². The van der Waals surface area contributed by atoms with Crippen LogP contribution in [-0.2, 0) is 20.2 Å². The molecule has 0 amide bonds. The highest BCUT2D eigenvalue weighted by Gasteiger charge is 2.19. The Balaban J connectivity index is 2.20. The molecule has 0 aliphatic heterocycles. The minimum absolute atomic E-state index is 0.00111. The largest absolute Gasteiger partial charge is 0.378 e. The van der Waals surface area contributed by atoms with E-state index < -0.39 is 30.0 Å². The molecule has 2 N–H and O–H groups in total. The summed E-state index contributed by atoms with van der Waals surface area (Å²) in [7, 11) is -5.42. The van der Waals surface area contributed by atoms with E-state index in [-0.39, 0.29) is 16.8 Å². The van der Waals surface area contributed by atoms with E-state index in [0.29, 0.717) is 5.69 Å². The van der Waals surface area contributed by atoms with Crippen molar-refractivity contribution in [2.45, 2.75) is 9.79 Å². The van der Waals surface area contributed by atoms with Gasteiger partial charge in [-0.15, -0.1) is 5.11 Å². The Bertz CT molecular complexity index is 1430. The van der Waals surface area contributed by atoms with E-state index in [4.69, 9.17) is 0 Å². The van der Waals surface area contributed by atoms with Gasteiger partial charge in [0.25, 0.3) is 20.2 Å². The predicted molar refractivity (Wildman–Crippen MR) is 126 cm³/mol. The molecule has 0 saturated carbocycles. The van der Waals surface area contributed by atoms with Crippen LogP contribution in [0.25, 0.3) is 11.8 Å². The molecule has 11 heteroatoms. The molecular formula is C22H21N3O6S2. The first kappa shape index (κ1) is 24.3. The van der Waals surface area contributed by atoms with Crippen LogP contribution in [0, 0.1) is 0 Å². The van der Waals surface area contributed by atoms with Gasteiger partial charge in [-0.3, -0.25) is 9.11 Å². The molecule has 0 bridgehead atoms. The van der Waals surface area contributed by atoms with Crippen molar-refractivity contribution in [2.75, 3.05) is 19.0 Å². The van der Waals surface area contributed by atoms with Crippen LogP contribution < -0.4 is 4.90 Å². The average molecular weight is 488 g/mol. The van der Waals surface area contributed by atoms with Crippen molar-refractivity contribution in [3.63, 3.8) is 0 Å². The van der Waals surface area contributed by atoms with Crippen molar-refractivity contribution in [1.82, 2.24) is 0 Å². The molecule has 9 nitrogen and oxygen atoms in total. The third kappa shape index (κ3) is 6.11. The van der Waals surface area contributed by atoms with Gasteiger partial charge in [-0.25, -0.2) is 0 Å². The van der Waals surface area contributed by atoms with Crippen LogP contribution in [0.15, 0.2) is 92.8 Å². The number of anilines is 1. The van der Waals surface area contributed by atoms with Crippen molar-refractivity contribution in [3.8, 4) is 0 Å². The highest BCUT2D eigenvalue weighted by atomic mass is 32.2. The molecule has 0 spiro atoms. The van der Waals surface area contributed by atoms with E-state index >= 15 is 0 Å². The number of benzene rings is 3. The summed E-state index contributed by atoms with van der Waals surface area (Å²) < 4.78 is 66.7. The third-order valence-electron chi connectivity index (χ3n) is 4.57. The number of azo groups is 1. The Labute approximate surface area is 192 Å². The van der Waals surface area contributed by atoms with E-state index in [9.17, 15) is 25.9 Å². The number of hydrogen-bond donors (Lipinski definition) is 2. The summed E-state index contributed by atoms with van der Waals surface area (Å²) in [6.07, 6.45) is 1.27. The lowest BCUT2D eigenvalue weighted by Gasteiger charge is -2.11. The lowest BCUT2D eigenvalue weighted by atomic mass is 10.1. The maximum Gasteiger partial charge on any atom is 0.295 e. The van der Waals surface area contributed by atoms with Crippen molar-refractivity contribution >= 4 is 43.4 Å². The molecular weight excluding hydrogens is 466 g/mol. The van der Waals surface area contributed by atoms with Gasteiger partial charge in [-0.1, -0.05) is 36.4 Å². The van der Waals surface area contributed by atoms with Crippen LogP contribution in [0.5, 0.6) is 0 Å². The molecule has 3 aromatic rings. The summed E-state index contributed by atoms with van der Waals surface area (Å²) >= 11 is 0. The first-order valence-electron chi connectivity index (χ1n) is 9.51. The second kappa shape index (κ2) is 9.63. The van der Waals surface area contributed by atoms with Crippen molar-refractivity contribution < 1.29 is 25.9 Å². The first-order chi connectivity index (χ1) is 15.5. The Hall–Kier alpha value is -3.38. The normalized spacial score (nSPS) is 12.8. The monoisotopic (exact) mass is 487 g/mol. The van der Waals surface area contributed by atoms with Gasteiger partial charge in [0, 0.05) is 25.3 Å². The fourth-order valence-electron chi connectivity index (χ4n) is 2.97. The highest BCUT2D eigenvalue weighted by molar-refractivity contribution is 7.86. The molecule has 0 radical (unpaired) electrons. The van der Waals surface area contributed by atoms with Crippen LogP contribution in [-0.4, -0.2) is 40.0 Å². The Morgan fingerprint density at radius 3 is 1.91 bits per heavy atom. The van der Waals surface area contributed by atoms with E-state index in [0.717, 1.165) is 5.69 Å². The van der Waals surface area contributed by atoms with Crippen LogP contribution >= 0.6 is 0 Å². The lowest BCUT2D eigenvalue weighted by Crippen LogP contribution is -2.07. The number of nitrogens with zero attached hydrogens (tertiary/aromatic N) is 3. The van der Waals surface area contributed by atoms with Gasteiger partial charge in [0.15, 0.2) is 0 Å². The summed E-state index contributed by atoms with van der Waals surface area (Å²) in [5.74, 6) is 0. The molecule has 0 aromatic heterocycles. The summed E-state index contributed by atoms with van der Waals surface area (Å²) in [5.41, 5.74) is 1.40. The van der Waals surface area contributed by atoms with Gasteiger partial charge in [-0.05, 0) is 48.0 Å². The molecule has 0 unspecified atom stereocenters. The van der Waals surface area contributed by atoms with Crippen LogP contribution in [0.4, 0.5) is 11.4 Å². The Kier molecular flexibility index (Phi) is 7.08. The van der Waals surface area contributed by atoms with Gasteiger partial charge in [0.05, 0.1) is 11.4 Å². The van der Waals surface area contributed by atoms with Crippen LogP contribution in [0.1, 0.15) is 11.1 Å². The van der Waals surface area contributed by atoms with E-state index in [1.807, 2.05) is 31.1 Å². The standard InChI is InChI=1S/C22H21N3O6S2/c1-25(2)18-13-11-17(12-14-18)23-24-20(19-8-4-6-10-22(19)33(29,30)31)15-16-7-3-5-9-21(16)32(26,27)28/h3-15H,1-2H3,(H,26,27,28)(H,29,30,31). The fourth-order valence-corrected chi connectivity index (χ4v) is 4.35. The Morgan fingerprint density at radius 1 is 0.788 bits per heavy atom. The average Bonchev–Trinajstić information content (AvgIpc) is 2.76. The zero-order valence-electron chi connectivity index (χ0n) is 17.7. The van der Waals surface area contributed by atoms with Crippen molar-refractivity contribution in [3.05, 3.63) is 83.9 Å². The summed E-state index contributed by atoms with van der Waals surface area (Å²) in [4.78, 5) is 1.08. The third-order valence-corrected chi connectivity index (χ3v) is 6.41. The predicted octanol–water partition coefficient (Wildman–Crippen LogP) is 4.53. The minimum atomic E-state index is -4.62. The molecule has 0 aliphatic carbocycles. The van der Waals surface area contributed by atoms with Gasteiger partial charge < -0.3 is 4.90 Å². The maximum absolute atomic E-state index is 11.9. The second-order valence-corrected chi connectivity index (χ2v) is 9.90. The number of rotatable bonds is 7. The first-order valence-corrected chi connectivity index (χ1v) is 12.4. The SMILES string of the molecule is CN(C)c1ccc(N=NC(=Cc2ccccc2S(=O)(=O)O)c2ccccc2S(=O)(=O)O)cc1.